The van der Waals surface area contributed by atoms with Gasteiger partial charge in [0.2, 0.25) is 0 Å². The van der Waals surface area contributed by atoms with Gasteiger partial charge in [0.1, 0.15) is 12.4 Å². The maximum absolute atomic E-state index is 12.5. The number of fused-ring (bicyclic) bond motifs is 5. The van der Waals surface area contributed by atoms with Crippen LogP contribution in [0.3, 0.4) is 0 Å². The summed E-state index contributed by atoms with van der Waals surface area (Å²) in [4.78, 5) is 17.9. The molecule has 0 heterocycles. The number of aliphatic hydroxyl groups is 1. The predicted octanol–water partition coefficient (Wildman–Crippen LogP) is 3.43. The van der Waals surface area contributed by atoms with Gasteiger partial charge in [-0.2, -0.15) is 0 Å². The summed E-state index contributed by atoms with van der Waals surface area (Å²) >= 11 is 0. The van der Waals surface area contributed by atoms with E-state index in [2.05, 4.69) is 19.0 Å². The molecule has 0 aliphatic heterocycles. The monoisotopic (exact) mass is 376 g/mol. The van der Waals surface area contributed by atoms with Crippen LogP contribution in [-0.2, 0) is 9.63 Å². The van der Waals surface area contributed by atoms with Gasteiger partial charge in [0.15, 0.2) is 0 Å². The zero-order valence-corrected chi connectivity index (χ0v) is 17.2. The van der Waals surface area contributed by atoms with Crippen molar-refractivity contribution in [1.82, 2.24) is 0 Å². The molecule has 4 saturated carbocycles. The molecule has 5 nitrogen and oxygen atoms in total. The molecule has 5 heteroatoms. The number of hydrogen-bond donors (Lipinski definition) is 2. The Kier molecular flexibility index (Phi) is 4.70. The van der Waals surface area contributed by atoms with E-state index in [9.17, 15) is 9.90 Å². The minimum Gasteiger partial charge on any atom is -0.394 e. The fourth-order valence-corrected chi connectivity index (χ4v) is 7.15. The summed E-state index contributed by atoms with van der Waals surface area (Å²) in [6, 6.07) is -0.0348. The van der Waals surface area contributed by atoms with E-state index in [1.807, 2.05) is 6.92 Å². The molecule has 0 aromatic rings. The number of Topliss-reactive ketones (excluding diaryl/α,β-unsaturated/α-hetero) is 1. The van der Waals surface area contributed by atoms with Gasteiger partial charge in [-0.25, -0.2) is 0 Å². The first kappa shape index (κ1) is 19.4. The number of rotatable bonds is 3. The highest BCUT2D eigenvalue weighted by molar-refractivity contribution is 5.87. The van der Waals surface area contributed by atoms with Crippen molar-refractivity contribution in [3.63, 3.8) is 0 Å². The van der Waals surface area contributed by atoms with Crippen molar-refractivity contribution in [1.29, 1.82) is 0 Å². The topological polar surface area (TPSA) is 84.9 Å². The predicted molar refractivity (Wildman–Crippen MR) is 105 cm³/mol. The van der Waals surface area contributed by atoms with E-state index in [0.29, 0.717) is 36.6 Å². The fourth-order valence-electron chi connectivity index (χ4n) is 7.15. The Morgan fingerprint density at radius 2 is 1.96 bits per heavy atom. The molecule has 0 aromatic carbocycles. The Morgan fingerprint density at radius 1 is 1.19 bits per heavy atom. The smallest absolute Gasteiger partial charge is 0.139 e. The normalized spacial score (nSPS) is 49.3. The standard InChI is InChI=1S/C22H36N2O3/c1-14(23)13-27-24-15-6-10-21(3)18-8-9-20(2)17(4-5-19(20)25)16(18)7-11-22(21,26)12-15/h14,16-18,26H,4-13,23H2,1-3H3/t14?,16-,17-,18-,20+,21+,22+/m0/s1. The van der Waals surface area contributed by atoms with Crippen LogP contribution in [0.1, 0.15) is 78.6 Å². The highest BCUT2D eigenvalue weighted by Crippen LogP contribution is 2.66. The molecule has 4 aliphatic rings. The summed E-state index contributed by atoms with van der Waals surface area (Å²) in [7, 11) is 0. The molecule has 152 valence electrons. The number of nitrogens with two attached hydrogens (primary N) is 1. The Labute approximate surface area is 163 Å². The molecule has 0 radical (unpaired) electrons. The average molecular weight is 377 g/mol. The van der Waals surface area contributed by atoms with Gasteiger partial charge in [-0.05, 0) is 69.6 Å². The molecular weight excluding hydrogens is 340 g/mol. The Morgan fingerprint density at radius 3 is 2.70 bits per heavy atom. The molecule has 7 atom stereocenters. The van der Waals surface area contributed by atoms with Crippen LogP contribution in [0.2, 0.25) is 0 Å². The number of carbonyl (C=O) groups excluding carboxylic acids is 1. The molecule has 0 aromatic heterocycles. The van der Waals surface area contributed by atoms with Crippen molar-refractivity contribution in [2.24, 2.45) is 39.5 Å². The van der Waals surface area contributed by atoms with Crippen molar-refractivity contribution in [2.75, 3.05) is 6.61 Å². The van der Waals surface area contributed by atoms with Gasteiger partial charge >= 0.3 is 0 Å². The van der Waals surface area contributed by atoms with Crippen LogP contribution in [0.15, 0.2) is 5.16 Å². The van der Waals surface area contributed by atoms with Gasteiger partial charge in [-0.3, -0.25) is 4.79 Å². The van der Waals surface area contributed by atoms with Gasteiger partial charge in [0.05, 0.1) is 11.3 Å². The molecule has 0 saturated heterocycles. The first-order valence-electron chi connectivity index (χ1n) is 10.9. The summed E-state index contributed by atoms with van der Waals surface area (Å²) < 4.78 is 0. The number of ketones is 1. The molecule has 4 rings (SSSR count). The van der Waals surface area contributed by atoms with Crippen LogP contribution < -0.4 is 5.73 Å². The largest absolute Gasteiger partial charge is 0.394 e. The molecule has 1 unspecified atom stereocenters. The fraction of sp³-hybridized carbons (Fsp3) is 0.909. The lowest BCUT2D eigenvalue weighted by atomic mass is 9.43. The van der Waals surface area contributed by atoms with E-state index in [1.165, 1.54) is 0 Å². The van der Waals surface area contributed by atoms with Crippen molar-refractivity contribution in [3.8, 4) is 0 Å². The van der Waals surface area contributed by atoms with Crippen molar-refractivity contribution in [2.45, 2.75) is 90.2 Å². The second kappa shape index (κ2) is 6.55. The van der Waals surface area contributed by atoms with Crippen LogP contribution >= 0.6 is 0 Å². The maximum atomic E-state index is 12.5. The highest BCUT2D eigenvalue weighted by atomic mass is 16.6. The molecule has 0 amide bonds. The third kappa shape index (κ3) is 2.88. The zero-order valence-electron chi connectivity index (χ0n) is 17.2. The molecule has 0 bridgehead atoms. The van der Waals surface area contributed by atoms with E-state index >= 15 is 0 Å². The van der Waals surface area contributed by atoms with E-state index < -0.39 is 5.60 Å². The lowest BCUT2D eigenvalue weighted by Gasteiger charge is -2.62. The molecule has 0 spiro atoms. The lowest BCUT2D eigenvalue weighted by molar-refractivity contribution is -0.188. The molecule has 3 N–H and O–H groups in total. The second-order valence-electron chi connectivity index (χ2n) is 10.4. The SMILES string of the molecule is CC(N)CON=C1CC[C@]2(C)[C@H]3CC[C@@]4(C)C(=O)CC[C@H]4[C@@H]3CC[C@@]2(O)C1. The number of carbonyl (C=O) groups is 1. The minimum atomic E-state index is -0.695. The van der Waals surface area contributed by atoms with Crippen molar-refractivity contribution >= 4 is 11.5 Å². The van der Waals surface area contributed by atoms with Crippen LogP contribution in [0.25, 0.3) is 0 Å². The molecule has 4 aliphatic carbocycles. The number of nitrogens with zero attached hydrogens (tertiary/aromatic N) is 1. The Bertz CT molecular complexity index is 647. The summed E-state index contributed by atoms with van der Waals surface area (Å²) in [6.45, 7) is 6.84. The van der Waals surface area contributed by atoms with E-state index in [-0.39, 0.29) is 16.9 Å². The minimum absolute atomic E-state index is 0.0348. The first-order valence-corrected chi connectivity index (χ1v) is 10.9. The maximum Gasteiger partial charge on any atom is 0.139 e. The average Bonchev–Trinajstić information content (AvgIpc) is 2.91. The van der Waals surface area contributed by atoms with E-state index in [4.69, 9.17) is 10.6 Å². The lowest BCUT2D eigenvalue weighted by Crippen LogP contribution is -2.62. The van der Waals surface area contributed by atoms with E-state index in [1.54, 1.807) is 0 Å². The van der Waals surface area contributed by atoms with Gasteiger partial charge in [0.25, 0.3) is 0 Å². The molecule has 27 heavy (non-hydrogen) atoms. The molecular formula is C22H36N2O3. The van der Waals surface area contributed by atoms with Crippen molar-refractivity contribution in [3.05, 3.63) is 0 Å². The number of oxime groups is 1. The van der Waals surface area contributed by atoms with Gasteiger partial charge in [-0.1, -0.05) is 19.0 Å². The van der Waals surface area contributed by atoms with Crippen LogP contribution in [0, 0.1) is 28.6 Å². The summed E-state index contributed by atoms with van der Waals surface area (Å²) in [5.74, 6) is 2.12. The van der Waals surface area contributed by atoms with Gasteiger partial charge in [0, 0.05) is 29.7 Å². The van der Waals surface area contributed by atoms with Crippen molar-refractivity contribution < 1.29 is 14.7 Å². The third-order valence-electron chi connectivity index (χ3n) is 8.88. The third-order valence-corrected chi connectivity index (χ3v) is 8.88. The van der Waals surface area contributed by atoms with E-state index in [0.717, 1.165) is 57.1 Å². The second-order valence-corrected chi connectivity index (χ2v) is 10.4. The van der Waals surface area contributed by atoms with Gasteiger partial charge in [-0.15, -0.1) is 0 Å². The van der Waals surface area contributed by atoms with Crippen LogP contribution in [0.5, 0.6) is 0 Å². The van der Waals surface area contributed by atoms with Gasteiger partial charge < -0.3 is 15.7 Å². The summed E-state index contributed by atoms with van der Waals surface area (Å²) in [5.41, 5.74) is 5.84. The zero-order chi connectivity index (χ0) is 19.4. The number of hydrogen-bond acceptors (Lipinski definition) is 5. The Hall–Kier alpha value is -0.940. The summed E-state index contributed by atoms with van der Waals surface area (Å²) in [6.07, 6.45) is 8.23. The highest BCUT2D eigenvalue weighted by Gasteiger charge is 2.64. The van der Waals surface area contributed by atoms with Crippen LogP contribution in [0.4, 0.5) is 0 Å². The first-order chi connectivity index (χ1) is 12.7. The summed E-state index contributed by atoms with van der Waals surface area (Å²) in [5, 5.41) is 16.0. The quantitative estimate of drug-likeness (QED) is 0.739. The van der Waals surface area contributed by atoms with Crippen LogP contribution in [-0.4, -0.2) is 34.9 Å². The Balaban J connectivity index is 1.54. The molecule has 4 fully saturated rings.